The molecule has 0 saturated carbocycles. The van der Waals surface area contributed by atoms with Crippen molar-refractivity contribution in [2.75, 3.05) is 7.11 Å². The summed E-state index contributed by atoms with van der Waals surface area (Å²) in [7, 11) is 1.73. The molecule has 0 aromatic heterocycles. The number of hydrogen-bond acceptors (Lipinski definition) is 1. The van der Waals surface area contributed by atoms with Gasteiger partial charge in [-0.3, -0.25) is 0 Å². The van der Waals surface area contributed by atoms with Crippen LogP contribution in [0.15, 0.2) is 61.2 Å². The molecule has 86 valence electrons. The molecule has 2 aromatic rings. The predicted octanol–water partition coefficient (Wildman–Crippen LogP) is 4.07. The zero-order chi connectivity index (χ0) is 12.1. The van der Waals surface area contributed by atoms with Gasteiger partial charge in [0, 0.05) is 7.11 Å². The van der Waals surface area contributed by atoms with E-state index < -0.39 is 0 Å². The Morgan fingerprint density at radius 1 is 1.00 bits per heavy atom. The molecule has 1 nitrogen and oxygen atoms in total. The van der Waals surface area contributed by atoms with Gasteiger partial charge in [-0.25, -0.2) is 0 Å². The van der Waals surface area contributed by atoms with Gasteiger partial charge in [-0.15, -0.1) is 0 Å². The van der Waals surface area contributed by atoms with Crippen LogP contribution >= 0.6 is 0 Å². The molecule has 0 aliphatic rings. The third-order valence-electron chi connectivity index (χ3n) is 2.79. The Balaban J connectivity index is 2.38. The third kappa shape index (κ3) is 2.63. The average Bonchev–Trinajstić information content (AvgIpc) is 2.41. The lowest BCUT2D eigenvalue weighted by molar-refractivity contribution is 0.136. The Bertz CT molecular complexity index is 488. The summed E-state index contributed by atoms with van der Waals surface area (Å²) in [4.78, 5) is 0. The molecule has 0 aliphatic carbocycles. The van der Waals surface area contributed by atoms with Crippen LogP contribution in [0.25, 0.3) is 6.08 Å². The van der Waals surface area contributed by atoms with Crippen molar-refractivity contribution in [1.82, 2.24) is 0 Å². The maximum Gasteiger partial charge on any atom is 0.107 e. The molecule has 2 aromatic carbocycles. The van der Waals surface area contributed by atoms with E-state index in [1.807, 2.05) is 36.4 Å². The summed E-state index contributed by atoms with van der Waals surface area (Å²) in [6.07, 6.45) is 1.83. The Morgan fingerprint density at radius 2 is 1.71 bits per heavy atom. The second-order valence-electron chi connectivity index (χ2n) is 3.90. The fraction of sp³-hybridized carbons (Fsp3) is 0.125. The van der Waals surface area contributed by atoms with Crippen molar-refractivity contribution in [3.05, 3.63) is 77.9 Å². The van der Waals surface area contributed by atoms with Gasteiger partial charge >= 0.3 is 0 Å². The Morgan fingerprint density at radius 3 is 2.35 bits per heavy atom. The van der Waals surface area contributed by atoms with Crippen molar-refractivity contribution in [2.24, 2.45) is 0 Å². The second kappa shape index (κ2) is 5.46. The summed E-state index contributed by atoms with van der Waals surface area (Å²) in [5.41, 5.74) is 3.42. The average molecular weight is 224 g/mol. The van der Waals surface area contributed by atoms with E-state index in [1.165, 1.54) is 0 Å². The first-order valence-corrected chi connectivity index (χ1v) is 5.65. The van der Waals surface area contributed by atoms with Crippen LogP contribution in [0.4, 0.5) is 0 Å². The van der Waals surface area contributed by atoms with Crippen LogP contribution in [0.1, 0.15) is 22.8 Å². The van der Waals surface area contributed by atoms with Gasteiger partial charge in [0.2, 0.25) is 0 Å². The highest BCUT2D eigenvalue weighted by atomic mass is 16.5. The largest absolute Gasteiger partial charge is 0.372 e. The van der Waals surface area contributed by atoms with E-state index in [0.717, 1.165) is 16.7 Å². The number of methoxy groups -OCH3 is 1. The van der Waals surface area contributed by atoms with E-state index in [9.17, 15) is 0 Å². The van der Waals surface area contributed by atoms with Crippen LogP contribution in [-0.4, -0.2) is 7.11 Å². The molecule has 0 radical (unpaired) electrons. The van der Waals surface area contributed by atoms with Crippen molar-refractivity contribution >= 4 is 6.08 Å². The smallest absolute Gasteiger partial charge is 0.107 e. The third-order valence-corrected chi connectivity index (χ3v) is 2.79. The van der Waals surface area contributed by atoms with Crippen LogP contribution in [0.2, 0.25) is 0 Å². The molecule has 17 heavy (non-hydrogen) atoms. The lowest BCUT2D eigenvalue weighted by Gasteiger charge is -2.16. The van der Waals surface area contributed by atoms with Gasteiger partial charge in [-0.05, 0) is 22.8 Å². The van der Waals surface area contributed by atoms with E-state index in [0.29, 0.717) is 0 Å². The maximum absolute atomic E-state index is 5.59. The molecule has 1 atom stereocenters. The molecule has 0 heterocycles. The van der Waals surface area contributed by atoms with Crippen molar-refractivity contribution in [1.29, 1.82) is 0 Å². The van der Waals surface area contributed by atoms with Gasteiger partial charge in [-0.1, -0.05) is 61.2 Å². The van der Waals surface area contributed by atoms with Crippen LogP contribution in [-0.2, 0) is 4.74 Å². The monoisotopic (exact) mass is 224 g/mol. The zero-order valence-electron chi connectivity index (χ0n) is 9.97. The van der Waals surface area contributed by atoms with Crippen LogP contribution < -0.4 is 0 Å². The van der Waals surface area contributed by atoms with Crippen molar-refractivity contribution in [3.8, 4) is 0 Å². The summed E-state index contributed by atoms with van der Waals surface area (Å²) in [6.45, 7) is 3.79. The van der Waals surface area contributed by atoms with Gasteiger partial charge in [0.05, 0.1) is 0 Å². The molecule has 0 saturated heterocycles. The van der Waals surface area contributed by atoms with Gasteiger partial charge < -0.3 is 4.74 Å². The quantitative estimate of drug-likeness (QED) is 0.760. The van der Waals surface area contributed by atoms with Gasteiger partial charge in [0.1, 0.15) is 6.10 Å². The first-order valence-electron chi connectivity index (χ1n) is 5.65. The Hall–Kier alpha value is -1.86. The summed E-state index contributed by atoms with van der Waals surface area (Å²) in [5, 5.41) is 0. The highest BCUT2D eigenvalue weighted by Gasteiger charge is 2.12. The first-order chi connectivity index (χ1) is 8.35. The van der Waals surface area contributed by atoms with Gasteiger partial charge in [-0.2, -0.15) is 0 Å². The number of ether oxygens (including phenoxy) is 1. The Labute approximate surface area is 102 Å². The minimum Gasteiger partial charge on any atom is -0.372 e. The van der Waals surface area contributed by atoms with E-state index in [2.05, 4.69) is 30.8 Å². The summed E-state index contributed by atoms with van der Waals surface area (Å²) < 4.78 is 5.59. The molecule has 0 fully saturated rings. The van der Waals surface area contributed by atoms with Crippen LogP contribution in [0, 0.1) is 0 Å². The van der Waals surface area contributed by atoms with Crippen molar-refractivity contribution < 1.29 is 4.74 Å². The fourth-order valence-electron chi connectivity index (χ4n) is 1.94. The van der Waals surface area contributed by atoms with E-state index >= 15 is 0 Å². The second-order valence-corrected chi connectivity index (χ2v) is 3.90. The maximum atomic E-state index is 5.59. The SMILES string of the molecule is C=Cc1cccc(C(OC)c2ccccc2)c1. The van der Waals surface area contributed by atoms with Gasteiger partial charge in [0.15, 0.2) is 0 Å². The summed E-state index contributed by atoms with van der Waals surface area (Å²) in [5.74, 6) is 0. The molecule has 2 rings (SSSR count). The number of hydrogen-bond donors (Lipinski definition) is 0. The lowest BCUT2D eigenvalue weighted by Crippen LogP contribution is -2.03. The molecule has 1 heteroatoms. The molecule has 0 amide bonds. The molecule has 0 aliphatic heterocycles. The standard InChI is InChI=1S/C16H16O/c1-3-13-8-7-11-15(12-13)16(17-2)14-9-5-4-6-10-14/h3-12,16H,1H2,2H3. The van der Waals surface area contributed by atoms with Gasteiger partial charge in [0.25, 0.3) is 0 Å². The van der Waals surface area contributed by atoms with E-state index in [-0.39, 0.29) is 6.10 Å². The number of benzene rings is 2. The van der Waals surface area contributed by atoms with Crippen LogP contribution in [0.3, 0.4) is 0 Å². The minimum absolute atomic E-state index is 0.0175. The zero-order valence-corrected chi connectivity index (χ0v) is 9.97. The fourth-order valence-corrected chi connectivity index (χ4v) is 1.94. The highest BCUT2D eigenvalue weighted by Crippen LogP contribution is 2.25. The van der Waals surface area contributed by atoms with E-state index in [1.54, 1.807) is 7.11 Å². The lowest BCUT2D eigenvalue weighted by atomic mass is 9.99. The van der Waals surface area contributed by atoms with E-state index in [4.69, 9.17) is 4.74 Å². The van der Waals surface area contributed by atoms with Crippen molar-refractivity contribution in [2.45, 2.75) is 6.10 Å². The summed E-state index contributed by atoms with van der Waals surface area (Å²) >= 11 is 0. The molecule has 0 N–H and O–H groups in total. The highest BCUT2D eigenvalue weighted by molar-refractivity contribution is 5.49. The number of rotatable bonds is 4. The molecule has 0 bridgehead atoms. The molecular weight excluding hydrogens is 208 g/mol. The van der Waals surface area contributed by atoms with Crippen LogP contribution in [0.5, 0.6) is 0 Å². The normalized spacial score (nSPS) is 12.1. The molecule has 0 spiro atoms. The topological polar surface area (TPSA) is 9.23 Å². The molecular formula is C16H16O. The predicted molar refractivity (Wildman–Crippen MR) is 71.8 cm³/mol. The Kier molecular flexibility index (Phi) is 3.73. The first kappa shape index (κ1) is 11.6. The molecule has 1 unspecified atom stereocenters. The minimum atomic E-state index is -0.0175. The summed E-state index contributed by atoms with van der Waals surface area (Å²) in [6, 6.07) is 18.5. The van der Waals surface area contributed by atoms with Crippen molar-refractivity contribution in [3.63, 3.8) is 0 Å².